The third-order valence-corrected chi connectivity index (χ3v) is 2.18. The molecule has 0 saturated carbocycles. The van der Waals surface area contributed by atoms with Gasteiger partial charge in [-0.3, -0.25) is 0 Å². The van der Waals surface area contributed by atoms with E-state index < -0.39 is 0 Å². The molecule has 0 fully saturated rings. The second-order valence-electron chi connectivity index (χ2n) is 2.97. The highest BCUT2D eigenvalue weighted by molar-refractivity contribution is 5.40. The maximum Gasteiger partial charge on any atom is 0.126 e. The van der Waals surface area contributed by atoms with Crippen molar-refractivity contribution in [3.8, 4) is 5.75 Å². The Labute approximate surface area is 82.6 Å². The molecule has 0 atom stereocenters. The van der Waals surface area contributed by atoms with Gasteiger partial charge in [0.15, 0.2) is 0 Å². The molecule has 78 valence electrons. The van der Waals surface area contributed by atoms with Crippen LogP contribution in [0.4, 0.5) is 4.39 Å². The topological polar surface area (TPSA) is 44.5 Å². The van der Waals surface area contributed by atoms with E-state index in [-0.39, 0.29) is 5.82 Å². The van der Waals surface area contributed by atoms with Crippen LogP contribution in [0.3, 0.4) is 0 Å². The zero-order valence-corrected chi connectivity index (χ0v) is 8.34. The summed E-state index contributed by atoms with van der Waals surface area (Å²) in [4.78, 5) is 4.46. The highest BCUT2D eigenvalue weighted by Crippen LogP contribution is 2.24. The van der Waals surface area contributed by atoms with Crippen LogP contribution in [0.1, 0.15) is 11.1 Å². The van der Waals surface area contributed by atoms with Crippen LogP contribution in [0.5, 0.6) is 5.75 Å². The molecule has 2 N–H and O–H groups in total. The number of halogens is 1. The summed E-state index contributed by atoms with van der Waals surface area (Å²) in [6.07, 6.45) is 0.545. The van der Waals surface area contributed by atoms with Gasteiger partial charge in [-0.25, -0.2) is 10.3 Å². The maximum atomic E-state index is 13.2. The fourth-order valence-electron chi connectivity index (χ4n) is 1.37. The molecule has 1 aromatic carbocycles. The van der Waals surface area contributed by atoms with Crippen LogP contribution in [0.15, 0.2) is 12.1 Å². The minimum absolute atomic E-state index is 0.238. The van der Waals surface area contributed by atoms with Gasteiger partial charge in [-0.1, -0.05) is 0 Å². The smallest absolute Gasteiger partial charge is 0.126 e. The van der Waals surface area contributed by atoms with E-state index in [1.807, 2.05) is 0 Å². The van der Waals surface area contributed by atoms with Gasteiger partial charge in [0.05, 0.1) is 13.7 Å². The fraction of sp³-hybridized carbons (Fsp3) is 0.400. The van der Waals surface area contributed by atoms with Crippen molar-refractivity contribution in [2.75, 3.05) is 13.7 Å². The second kappa shape index (κ2) is 4.93. The molecule has 1 aromatic rings. The molecule has 1 rings (SSSR count). The average Bonchev–Trinajstić information content (AvgIpc) is 2.20. The molecule has 0 aliphatic carbocycles. The van der Waals surface area contributed by atoms with Crippen molar-refractivity contribution in [2.45, 2.75) is 13.3 Å². The fourth-order valence-corrected chi connectivity index (χ4v) is 1.37. The number of rotatable bonds is 4. The van der Waals surface area contributed by atoms with Crippen LogP contribution in [0.2, 0.25) is 0 Å². The lowest BCUT2D eigenvalue weighted by Gasteiger charge is -2.11. The van der Waals surface area contributed by atoms with Gasteiger partial charge in [0.1, 0.15) is 11.6 Å². The van der Waals surface area contributed by atoms with Gasteiger partial charge in [-0.2, -0.15) is 0 Å². The Balaban J connectivity index is 3.01. The number of benzene rings is 1. The summed E-state index contributed by atoms with van der Waals surface area (Å²) in [5.41, 5.74) is 1.39. The van der Waals surface area contributed by atoms with Crippen LogP contribution in [-0.4, -0.2) is 13.7 Å². The van der Waals surface area contributed by atoms with E-state index >= 15 is 0 Å². The minimum Gasteiger partial charge on any atom is -0.496 e. The largest absolute Gasteiger partial charge is 0.496 e. The van der Waals surface area contributed by atoms with Crippen molar-refractivity contribution in [3.05, 3.63) is 29.1 Å². The van der Waals surface area contributed by atoms with Gasteiger partial charge in [0.25, 0.3) is 0 Å². The zero-order chi connectivity index (χ0) is 10.6. The van der Waals surface area contributed by atoms with Crippen molar-refractivity contribution in [1.82, 2.24) is 0 Å². The van der Waals surface area contributed by atoms with Crippen molar-refractivity contribution in [2.24, 2.45) is 5.90 Å². The highest BCUT2D eigenvalue weighted by Gasteiger charge is 2.09. The van der Waals surface area contributed by atoms with Gasteiger partial charge in [-0.15, -0.1) is 0 Å². The first-order valence-corrected chi connectivity index (χ1v) is 4.34. The summed E-state index contributed by atoms with van der Waals surface area (Å²) in [6, 6.07) is 3.00. The summed E-state index contributed by atoms with van der Waals surface area (Å²) in [5, 5.41) is 0. The molecule has 0 spiro atoms. The first-order chi connectivity index (χ1) is 6.70. The average molecular weight is 199 g/mol. The van der Waals surface area contributed by atoms with Crippen molar-refractivity contribution in [1.29, 1.82) is 0 Å². The lowest BCUT2D eigenvalue weighted by atomic mass is 10.0. The second-order valence-corrected chi connectivity index (χ2v) is 2.97. The van der Waals surface area contributed by atoms with Gasteiger partial charge < -0.3 is 9.57 Å². The summed E-state index contributed by atoms with van der Waals surface area (Å²) in [6.45, 7) is 2.06. The Bertz CT molecular complexity index is 315. The Kier molecular flexibility index (Phi) is 3.85. The monoisotopic (exact) mass is 199 g/mol. The normalized spacial score (nSPS) is 10.3. The van der Waals surface area contributed by atoms with E-state index in [0.29, 0.717) is 24.3 Å². The van der Waals surface area contributed by atoms with E-state index in [0.717, 1.165) is 5.56 Å². The van der Waals surface area contributed by atoms with E-state index in [1.165, 1.54) is 6.07 Å². The molecular formula is C10H14FNO2. The Morgan fingerprint density at radius 2 is 2.14 bits per heavy atom. The van der Waals surface area contributed by atoms with E-state index in [4.69, 9.17) is 10.6 Å². The van der Waals surface area contributed by atoms with Crippen molar-refractivity contribution in [3.63, 3.8) is 0 Å². The van der Waals surface area contributed by atoms with Gasteiger partial charge in [-0.05, 0) is 24.6 Å². The van der Waals surface area contributed by atoms with Gasteiger partial charge >= 0.3 is 0 Å². The summed E-state index contributed by atoms with van der Waals surface area (Å²) in [7, 11) is 1.56. The Hall–Kier alpha value is -1.13. The third kappa shape index (κ3) is 2.21. The number of methoxy groups -OCH3 is 1. The quantitative estimate of drug-likeness (QED) is 0.749. The molecule has 0 unspecified atom stereocenters. The van der Waals surface area contributed by atoms with E-state index in [9.17, 15) is 4.39 Å². The predicted octanol–water partition coefficient (Wildman–Crippen LogP) is 1.58. The summed E-state index contributed by atoms with van der Waals surface area (Å²) < 4.78 is 18.3. The molecule has 0 amide bonds. The predicted molar refractivity (Wildman–Crippen MR) is 51.5 cm³/mol. The van der Waals surface area contributed by atoms with Crippen LogP contribution in [-0.2, 0) is 11.3 Å². The molecule has 0 radical (unpaired) electrons. The molecule has 0 aliphatic heterocycles. The molecular weight excluding hydrogens is 185 g/mol. The number of hydrogen-bond donors (Lipinski definition) is 1. The molecule has 0 aliphatic rings. The molecule has 3 nitrogen and oxygen atoms in total. The van der Waals surface area contributed by atoms with E-state index in [1.54, 1.807) is 20.1 Å². The zero-order valence-electron chi connectivity index (χ0n) is 8.34. The lowest BCUT2D eigenvalue weighted by Crippen LogP contribution is -2.07. The SMILES string of the molecule is COc1ccc(F)c(C)c1CCON. The van der Waals surface area contributed by atoms with Crippen molar-refractivity contribution < 1.29 is 14.0 Å². The number of hydrogen-bond acceptors (Lipinski definition) is 3. The number of ether oxygens (including phenoxy) is 1. The van der Waals surface area contributed by atoms with Crippen LogP contribution < -0.4 is 10.6 Å². The summed E-state index contributed by atoms with van der Waals surface area (Å²) >= 11 is 0. The molecule has 0 bridgehead atoms. The highest BCUT2D eigenvalue weighted by atomic mass is 19.1. The third-order valence-electron chi connectivity index (χ3n) is 2.18. The molecule has 4 heteroatoms. The van der Waals surface area contributed by atoms with Crippen LogP contribution in [0, 0.1) is 12.7 Å². The Morgan fingerprint density at radius 3 is 2.71 bits per heavy atom. The van der Waals surface area contributed by atoms with Crippen LogP contribution in [0.25, 0.3) is 0 Å². The summed E-state index contributed by atoms with van der Waals surface area (Å²) in [5.74, 6) is 5.35. The maximum absolute atomic E-state index is 13.2. The van der Waals surface area contributed by atoms with E-state index in [2.05, 4.69) is 4.84 Å². The Morgan fingerprint density at radius 1 is 1.43 bits per heavy atom. The first-order valence-electron chi connectivity index (χ1n) is 4.34. The number of nitrogens with two attached hydrogens (primary N) is 1. The van der Waals surface area contributed by atoms with Gasteiger partial charge in [0, 0.05) is 12.0 Å². The van der Waals surface area contributed by atoms with Gasteiger partial charge in [0.2, 0.25) is 0 Å². The molecule has 14 heavy (non-hydrogen) atoms. The molecule has 0 heterocycles. The van der Waals surface area contributed by atoms with Crippen LogP contribution >= 0.6 is 0 Å². The minimum atomic E-state index is -0.238. The first kappa shape index (κ1) is 10.9. The standard InChI is InChI=1S/C10H14FNO2/c1-7-8(5-6-14-12)10(13-2)4-3-9(7)11/h3-4H,5-6,12H2,1-2H3. The molecule has 0 saturated heterocycles. The molecule has 0 aromatic heterocycles. The van der Waals surface area contributed by atoms with Crippen molar-refractivity contribution >= 4 is 0 Å². The lowest BCUT2D eigenvalue weighted by molar-refractivity contribution is 0.140.